The van der Waals surface area contributed by atoms with Crippen LogP contribution in [0.4, 0.5) is 5.69 Å². The molecule has 0 amide bonds. The molecule has 4 rings (SSSR count). The van der Waals surface area contributed by atoms with Crippen molar-refractivity contribution >= 4 is 17.3 Å². The quantitative estimate of drug-likeness (QED) is 0.557. The number of Topliss-reactive ketones (excluding diaryl/α,β-unsaturated/α-hetero) is 2. The average molecular weight is 343 g/mol. The van der Waals surface area contributed by atoms with Crippen molar-refractivity contribution in [1.82, 2.24) is 0 Å². The van der Waals surface area contributed by atoms with Gasteiger partial charge in [0.2, 0.25) is 0 Å². The summed E-state index contributed by atoms with van der Waals surface area (Å²) in [5.74, 6) is -0.341. The molecule has 0 bridgehead atoms. The van der Waals surface area contributed by atoms with E-state index >= 15 is 0 Å². The third kappa shape index (κ3) is 2.13. The highest BCUT2D eigenvalue weighted by Crippen LogP contribution is 2.47. The second-order valence-electron chi connectivity index (χ2n) is 7.49. The predicted molar refractivity (Wildman–Crippen MR) is 104 cm³/mol. The zero-order chi connectivity index (χ0) is 18.6. The van der Waals surface area contributed by atoms with Gasteiger partial charge in [0.1, 0.15) is 0 Å². The maximum absolute atomic E-state index is 12.8. The van der Waals surface area contributed by atoms with Crippen molar-refractivity contribution in [2.75, 3.05) is 11.9 Å². The maximum atomic E-state index is 12.8. The van der Waals surface area contributed by atoms with Crippen molar-refractivity contribution in [2.24, 2.45) is 0 Å². The second kappa shape index (κ2) is 5.53. The van der Waals surface area contributed by atoms with Gasteiger partial charge in [0.25, 0.3) is 0 Å². The third-order valence-electron chi connectivity index (χ3n) is 5.56. The SMILES string of the molecule is CC(/C=C1/N(C)c2ccccc2C1(C)C)=C1C(=O)c2ccccc2C1=O. The fourth-order valence-electron chi connectivity index (χ4n) is 4.15. The lowest BCUT2D eigenvalue weighted by Crippen LogP contribution is -2.23. The molecule has 0 fully saturated rings. The van der Waals surface area contributed by atoms with E-state index < -0.39 is 0 Å². The fourth-order valence-corrected chi connectivity index (χ4v) is 4.15. The van der Waals surface area contributed by atoms with E-state index in [0.29, 0.717) is 16.7 Å². The van der Waals surface area contributed by atoms with Crippen LogP contribution in [0.1, 0.15) is 47.1 Å². The summed E-state index contributed by atoms with van der Waals surface area (Å²) in [6.45, 7) is 6.20. The van der Waals surface area contributed by atoms with Gasteiger partial charge in [-0.25, -0.2) is 0 Å². The van der Waals surface area contributed by atoms with Crippen LogP contribution < -0.4 is 4.90 Å². The van der Waals surface area contributed by atoms with Crippen molar-refractivity contribution in [3.8, 4) is 0 Å². The average Bonchev–Trinajstić information content (AvgIpc) is 2.99. The van der Waals surface area contributed by atoms with Gasteiger partial charge in [0, 0.05) is 35.0 Å². The molecule has 0 radical (unpaired) electrons. The summed E-state index contributed by atoms with van der Waals surface area (Å²) < 4.78 is 0. The zero-order valence-electron chi connectivity index (χ0n) is 15.5. The van der Waals surface area contributed by atoms with Crippen LogP contribution in [0.3, 0.4) is 0 Å². The molecule has 0 atom stereocenters. The monoisotopic (exact) mass is 343 g/mol. The number of nitrogens with zero attached hydrogens (tertiary/aromatic N) is 1. The number of fused-ring (bicyclic) bond motifs is 2. The summed E-state index contributed by atoms with van der Waals surface area (Å²) in [6, 6.07) is 15.4. The van der Waals surface area contributed by atoms with E-state index in [9.17, 15) is 9.59 Å². The largest absolute Gasteiger partial charge is 0.347 e. The molecular formula is C23H21NO2. The van der Waals surface area contributed by atoms with Gasteiger partial charge in [-0.1, -0.05) is 56.3 Å². The van der Waals surface area contributed by atoms with Crippen molar-refractivity contribution in [1.29, 1.82) is 0 Å². The number of likely N-dealkylation sites (N-methyl/N-ethyl adjacent to an activating group) is 1. The van der Waals surface area contributed by atoms with Crippen LogP contribution in [-0.4, -0.2) is 18.6 Å². The van der Waals surface area contributed by atoms with Crippen molar-refractivity contribution in [3.63, 3.8) is 0 Å². The first kappa shape index (κ1) is 16.5. The first-order chi connectivity index (χ1) is 12.3. The van der Waals surface area contributed by atoms with E-state index in [1.165, 1.54) is 5.56 Å². The lowest BCUT2D eigenvalue weighted by atomic mass is 9.83. The molecule has 3 heteroatoms. The fraction of sp³-hybridized carbons (Fsp3) is 0.217. The number of para-hydroxylation sites is 1. The van der Waals surface area contributed by atoms with Gasteiger partial charge in [-0.05, 0) is 30.2 Å². The standard InChI is InChI=1S/C23H21NO2/c1-14(20-21(25)15-9-5-6-10-16(15)22(20)26)13-19-23(2,3)17-11-7-8-12-18(17)24(19)4/h5-13H,1-4H3/b19-13+. The van der Waals surface area contributed by atoms with Gasteiger partial charge in [0.05, 0.1) is 5.57 Å². The lowest BCUT2D eigenvalue weighted by molar-refractivity contribution is 0.0987. The summed E-state index contributed by atoms with van der Waals surface area (Å²) in [6.07, 6.45) is 2.00. The normalized spacial score (nSPS) is 19.2. The molecule has 2 aromatic carbocycles. The minimum Gasteiger partial charge on any atom is -0.347 e. The number of anilines is 1. The van der Waals surface area contributed by atoms with E-state index in [1.54, 1.807) is 24.3 Å². The van der Waals surface area contributed by atoms with E-state index in [1.807, 2.05) is 32.2 Å². The molecule has 0 saturated heterocycles. The minimum atomic E-state index is -0.190. The summed E-state index contributed by atoms with van der Waals surface area (Å²) in [7, 11) is 2.03. The molecule has 0 spiro atoms. The van der Waals surface area contributed by atoms with E-state index in [2.05, 4.69) is 30.9 Å². The van der Waals surface area contributed by atoms with Crippen LogP contribution in [-0.2, 0) is 5.41 Å². The van der Waals surface area contributed by atoms with Gasteiger partial charge in [-0.2, -0.15) is 0 Å². The summed E-state index contributed by atoms with van der Waals surface area (Å²) in [5, 5.41) is 0. The van der Waals surface area contributed by atoms with Gasteiger partial charge in [-0.15, -0.1) is 0 Å². The predicted octanol–water partition coefficient (Wildman–Crippen LogP) is 4.69. The minimum absolute atomic E-state index is 0.170. The molecule has 0 N–H and O–H groups in total. The van der Waals surface area contributed by atoms with Crippen LogP contribution in [0.5, 0.6) is 0 Å². The van der Waals surface area contributed by atoms with Gasteiger partial charge in [0.15, 0.2) is 11.6 Å². The van der Waals surface area contributed by atoms with Crippen LogP contribution in [0.25, 0.3) is 0 Å². The number of allylic oxidation sites excluding steroid dienone is 4. The van der Waals surface area contributed by atoms with Gasteiger partial charge in [-0.3, -0.25) is 9.59 Å². The Labute approximate surface area is 153 Å². The van der Waals surface area contributed by atoms with Gasteiger partial charge < -0.3 is 4.90 Å². The number of hydrogen-bond acceptors (Lipinski definition) is 3. The Bertz CT molecular complexity index is 987. The third-order valence-corrected chi connectivity index (χ3v) is 5.56. The number of carbonyl (C=O) groups excluding carboxylic acids is 2. The highest BCUT2D eigenvalue weighted by atomic mass is 16.2. The summed E-state index contributed by atoms with van der Waals surface area (Å²) in [4.78, 5) is 27.7. The molecule has 0 saturated carbocycles. The van der Waals surface area contributed by atoms with Crippen LogP contribution in [0.2, 0.25) is 0 Å². The smallest absolute Gasteiger partial charge is 0.197 e. The number of rotatable bonds is 1. The molecule has 3 nitrogen and oxygen atoms in total. The van der Waals surface area contributed by atoms with E-state index in [0.717, 1.165) is 17.0 Å². The number of benzene rings is 2. The molecule has 2 aromatic rings. The van der Waals surface area contributed by atoms with Crippen LogP contribution >= 0.6 is 0 Å². The molecular weight excluding hydrogens is 322 g/mol. The molecule has 26 heavy (non-hydrogen) atoms. The summed E-state index contributed by atoms with van der Waals surface area (Å²) >= 11 is 0. The molecule has 1 aliphatic carbocycles. The molecule has 1 heterocycles. The Hall–Kier alpha value is -2.94. The van der Waals surface area contributed by atoms with Crippen molar-refractivity contribution in [3.05, 3.63) is 88.1 Å². The van der Waals surface area contributed by atoms with Crippen molar-refractivity contribution in [2.45, 2.75) is 26.2 Å². The zero-order valence-corrected chi connectivity index (χ0v) is 15.5. The highest BCUT2D eigenvalue weighted by Gasteiger charge is 2.39. The highest BCUT2D eigenvalue weighted by molar-refractivity contribution is 6.39. The van der Waals surface area contributed by atoms with E-state index in [4.69, 9.17) is 0 Å². The molecule has 0 unspecified atom stereocenters. The van der Waals surface area contributed by atoms with Gasteiger partial charge >= 0.3 is 0 Å². The Balaban J connectivity index is 1.84. The molecule has 130 valence electrons. The molecule has 0 aromatic heterocycles. The first-order valence-corrected chi connectivity index (χ1v) is 8.78. The lowest BCUT2D eigenvalue weighted by Gasteiger charge is -2.24. The van der Waals surface area contributed by atoms with Crippen LogP contribution in [0, 0.1) is 0 Å². The molecule has 2 aliphatic rings. The Kier molecular flexibility index (Phi) is 3.52. The van der Waals surface area contributed by atoms with Crippen LogP contribution in [0.15, 0.2) is 71.5 Å². The van der Waals surface area contributed by atoms with E-state index in [-0.39, 0.29) is 17.0 Å². The summed E-state index contributed by atoms with van der Waals surface area (Å²) in [5.41, 5.74) is 5.33. The Morgan fingerprint density at radius 3 is 2.04 bits per heavy atom. The number of hydrogen-bond donors (Lipinski definition) is 0. The van der Waals surface area contributed by atoms with Crippen molar-refractivity contribution < 1.29 is 9.59 Å². The topological polar surface area (TPSA) is 37.4 Å². The molecule has 1 aliphatic heterocycles. The Morgan fingerprint density at radius 1 is 0.923 bits per heavy atom. The Morgan fingerprint density at radius 2 is 1.46 bits per heavy atom. The second-order valence-corrected chi connectivity index (χ2v) is 7.49. The maximum Gasteiger partial charge on any atom is 0.197 e. The number of ketones is 2. The first-order valence-electron chi connectivity index (χ1n) is 8.78. The number of carbonyl (C=O) groups is 2.